The summed E-state index contributed by atoms with van der Waals surface area (Å²) in [7, 11) is 3.99. The summed E-state index contributed by atoms with van der Waals surface area (Å²) in [6, 6.07) is 10.5. The molecule has 2 N–H and O–H groups in total. The van der Waals surface area contributed by atoms with Crippen LogP contribution in [0.25, 0.3) is 0 Å². The first-order chi connectivity index (χ1) is 9.09. The Balaban J connectivity index is 2.14. The Morgan fingerprint density at radius 2 is 1.89 bits per heavy atom. The van der Waals surface area contributed by atoms with Gasteiger partial charge in [-0.15, -0.1) is 0 Å². The van der Waals surface area contributed by atoms with Gasteiger partial charge < -0.3 is 15.5 Å². The Hall–Kier alpha value is -1.39. The monoisotopic (exact) mass is 263 g/mol. The molecule has 106 valence electrons. The van der Waals surface area contributed by atoms with Crippen molar-refractivity contribution in [2.45, 2.75) is 19.4 Å². The van der Waals surface area contributed by atoms with Crippen LogP contribution < -0.4 is 10.6 Å². The summed E-state index contributed by atoms with van der Waals surface area (Å²) >= 11 is 0. The number of hydrogen-bond donors (Lipinski definition) is 2. The van der Waals surface area contributed by atoms with Gasteiger partial charge in [0.15, 0.2) is 0 Å². The predicted octanol–water partition coefficient (Wildman–Crippen LogP) is 1.41. The van der Waals surface area contributed by atoms with E-state index in [2.05, 4.69) is 34.6 Å². The Bertz CT molecular complexity index is 365. The van der Waals surface area contributed by atoms with Crippen LogP contribution in [0.5, 0.6) is 0 Å². The van der Waals surface area contributed by atoms with E-state index < -0.39 is 0 Å². The normalized spacial score (nSPS) is 12.4. The van der Waals surface area contributed by atoms with Crippen molar-refractivity contribution < 1.29 is 4.79 Å². The lowest BCUT2D eigenvalue weighted by Crippen LogP contribution is -2.33. The largest absolute Gasteiger partial charge is 0.355 e. The van der Waals surface area contributed by atoms with E-state index in [0.29, 0.717) is 19.5 Å². The molecule has 0 aromatic heterocycles. The smallest absolute Gasteiger partial charge is 0.221 e. The molecule has 0 saturated heterocycles. The van der Waals surface area contributed by atoms with Gasteiger partial charge >= 0.3 is 0 Å². The summed E-state index contributed by atoms with van der Waals surface area (Å²) in [5, 5.41) is 6.26. The first kappa shape index (κ1) is 15.7. The van der Waals surface area contributed by atoms with Crippen molar-refractivity contribution in [3.05, 3.63) is 35.9 Å². The van der Waals surface area contributed by atoms with Crippen molar-refractivity contribution in [3.8, 4) is 0 Å². The number of nitrogens with one attached hydrogen (secondary N) is 2. The Labute approximate surface area is 116 Å². The Kier molecular flexibility index (Phi) is 7.15. The maximum atomic E-state index is 11.6. The molecule has 0 radical (unpaired) electrons. The number of hydrogen-bond acceptors (Lipinski definition) is 3. The predicted molar refractivity (Wildman–Crippen MR) is 79.0 cm³/mol. The molecule has 0 spiro atoms. The molecule has 1 unspecified atom stereocenters. The van der Waals surface area contributed by atoms with E-state index in [1.807, 2.05) is 32.3 Å². The molecule has 1 rings (SSSR count). The van der Waals surface area contributed by atoms with Gasteiger partial charge in [-0.05, 0) is 26.6 Å². The van der Waals surface area contributed by atoms with Crippen LogP contribution in [-0.2, 0) is 4.79 Å². The summed E-state index contributed by atoms with van der Waals surface area (Å²) < 4.78 is 0. The maximum absolute atomic E-state index is 11.6. The highest BCUT2D eigenvalue weighted by molar-refractivity contribution is 5.76. The van der Waals surface area contributed by atoms with Crippen LogP contribution in [0.15, 0.2) is 30.3 Å². The molecule has 0 aliphatic rings. The molecule has 1 aromatic rings. The summed E-state index contributed by atoms with van der Waals surface area (Å²) in [6.45, 7) is 4.39. The molecular weight excluding hydrogens is 238 g/mol. The fourth-order valence-electron chi connectivity index (χ4n) is 1.77. The minimum absolute atomic E-state index is 0.106. The highest BCUT2D eigenvalue weighted by atomic mass is 16.1. The van der Waals surface area contributed by atoms with Crippen LogP contribution >= 0.6 is 0 Å². The zero-order valence-electron chi connectivity index (χ0n) is 12.1. The quantitative estimate of drug-likeness (QED) is 0.745. The molecule has 0 bridgehead atoms. The van der Waals surface area contributed by atoms with Crippen LogP contribution in [0.1, 0.15) is 24.9 Å². The lowest BCUT2D eigenvalue weighted by molar-refractivity contribution is -0.121. The van der Waals surface area contributed by atoms with Crippen molar-refractivity contribution in [2.75, 3.05) is 33.7 Å². The van der Waals surface area contributed by atoms with Crippen LogP contribution in [-0.4, -0.2) is 44.5 Å². The van der Waals surface area contributed by atoms with Crippen molar-refractivity contribution in [3.63, 3.8) is 0 Å². The lowest BCUT2D eigenvalue weighted by atomic mass is 10.1. The second kappa shape index (κ2) is 8.67. The second-order valence-corrected chi connectivity index (χ2v) is 4.99. The Morgan fingerprint density at radius 1 is 1.21 bits per heavy atom. The molecule has 4 nitrogen and oxygen atoms in total. The Morgan fingerprint density at radius 3 is 2.53 bits per heavy atom. The first-order valence-corrected chi connectivity index (χ1v) is 6.79. The average molecular weight is 263 g/mol. The zero-order valence-corrected chi connectivity index (χ0v) is 12.1. The van der Waals surface area contributed by atoms with Gasteiger partial charge in [-0.2, -0.15) is 0 Å². The third-order valence-corrected chi connectivity index (χ3v) is 2.98. The summed E-state index contributed by atoms with van der Waals surface area (Å²) in [5.74, 6) is 0.106. The third-order valence-electron chi connectivity index (χ3n) is 2.98. The van der Waals surface area contributed by atoms with Crippen molar-refractivity contribution in [1.29, 1.82) is 0 Å². The van der Waals surface area contributed by atoms with Crippen LogP contribution in [0.2, 0.25) is 0 Å². The SMILES string of the molecule is CC(NCCC(=O)NCCN(C)C)c1ccccc1. The van der Waals surface area contributed by atoms with E-state index in [4.69, 9.17) is 0 Å². The minimum atomic E-state index is 0.106. The molecule has 0 fully saturated rings. The van der Waals surface area contributed by atoms with Gasteiger partial charge in [0.1, 0.15) is 0 Å². The van der Waals surface area contributed by atoms with Crippen molar-refractivity contribution >= 4 is 5.91 Å². The molecular formula is C15H25N3O. The number of benzene rings is 1. The summed E-state index contributed by atoms with van der Waals surface area (Å²) in [6.07, 6.45) is 0.518. The van der Waals surface area contributed by atoms with Gasteiger partial charge in [0.05, 0.1) is 0 Å². The van der Waals surface area contributed by atoms with E-state index in [9.17, 15) is 4.79 Å². The second-order valence-electron chi connectivity index (χ2n) is 4.99. The van der Waals surface area contributed by atoms with E-state index in [1.165, 1.54) is 5.56 Å². The van der Waals surface area contributed by atoms with Gasteiger partial charge in [-0.25, -0.2) is 0 Å². The van der Waals surface area contributed by atoms with Gasteiger partial charge in [-0.1, -0.05) is 30.3 Å². The number of nitrogens with zero attached hydrogens (tertiary/aromatic N) is 1. The van der Waals surface area contributed by atoms with Gasteiger partial charge in [0, 0.05) is 32.1 Å². The highest BCUT2D eigenvalue weighted by Gasteiger charge is 2.05. The van der Waals surface area contributed by atoms with E-state index in [1.54, 1.807) is 0 Å². The third kappa shape index (κ3) is 6.94. The topological polar surface area (TPSA) is 44.4 Å². The molecule has 1 amide bonds. The molecule has 1 atom stereocenters. The number of likely N-dealkylation sites (N-methyl/N-ethyl adjacent to an activating group) is 1. The number of carbonyl (C=O) groups is 1. The number of carbonyl (C=O) groups excluding carboxylic acids is 1. The van der Waals surface area contributed by atoms with E-state index in [-0.39, 0.29) is 11.9 Å². The lowest BCUT2D eigenvalue weighted by Gasteiger charge is -2.14. The fraction of sp³-hybridized carbons (Fsp3) is 0.533. The standard InChI is InChI=1S/C15H25N3O/c1-13(14-7-5-4-6-8-14)16-10-9-15(19)17-11-12-18(2)3/h4-8,13,16H,9-12H2,1-3H3,(H,17,19). The van der Waals surface area contributed by atoms with E-state index >= 15 is 0 Å². The summed E-state index contributed by atoms with van der Waals surface area (Å²) in [4.78, 5) is 13.6. The average Bonchev–Trinajstić information content (AvgIpc) is 2.39. The van der Waals surface area contributed by atoms with Crippen LogP contribution in [0, 0.1) is 0 Å². The molecule has 19 heavy (non-hydrogen) atoms. The molecule has 1 aromatic carbocycles. The fourth-order valence-corrected chi connectivity index (χ4v) is 1.77. The molecule has 0 heterocycles. The molecule has 0 aliphatic heterocycles. The first-order valence-electron chi connectivity index (χ1n) is 6.79. The van der Waals surface area contributed by atoms with Crippen LogP contribution in [0.4, 0.5) is 0 Å². The maximum Gasteiger partial charge on any atom is 0.221 e. The highest BCUT2D eigenvalue weighted by Crippen LogP contribution is 2.10. The molecule has 0 aliphatic carbocycles. The zero-order chi connectivity index (χ0) is 14.1. The number of rotatable bonds is 8. The minimum Gasteiger partial charge on any atom is -0.355 e. The van der Waals surface area contributed by atoms with Gasteiger partial charge in [-0.3, -0.25) is 4.79 Å². The summed E-state index contributed by atoms with van der Waals surface area (Å²) in [5.41, 5.74) is 1.25. The van der Waals surface area contributed by atoms with Gasteiger partial charge in [0.2, 0.25) is 5.91 Å². The van der Waals surface area contributed by atoms with Crippen LogP contribution in [0.3, 0.4) is 0 Å². The van der Waals surface area contributed by atoms with Crippen molar-refractivity contribution in [2.24, 2.45) is 0 Å². The van der Waals surface area contributed by atoms with E-state index in [0.717, 1.165) is 6.54 Å². The number of amides is 1. The molecule has 0 saturated carbocycles. The molecule has 4 heteroatoms. The van der Waals surface area contributed by atoms with Gasteiger partial charge in [0.25, 0.3) is 0 Å². The van der Waals surface area contributed by atoms with Crippen molar-refractivity contribution in [1.82, 2.24) is 15.5 Å².